The molecule has 0 atom stereocenters. The average molecular weight is 393 g/mol. The predicted octanol–water partition coefficient (Wildman–Crippen LogP) is 6.67. The molecule has 22 heavy (non-hydrogen) atoms. The Balaban J connectivity index is 2.17. The topological polar surface area (TPSA) is 26.0 Å². The number of halogens is 3. The highest BCUT2D eigenvalue weighted by atomic mass is 79.9. The summed E-state index contributed by atoms with van der Waals surface area (Å²) in [4.78, 5) is 0. The third kappa shape index (κ3) is 3.14. The average Bonchev–Trinajstić information content (AvgIpc) is 2.51. The summed E-state index contributed by atoms with van der Waals surface area (Å²) in [6.07, 6.45) is 0. The fraction of sp³-hybridized carbons (Fsp3) is 0. The van der Waals surface area contributed by atoms with E-state index in [2.05, 4.69) is 15.9 Å². The van der Waals surface area contributed by atoms with E-state index in [-0.39, 0.29) is 0 Å². The van der Waals surface area contributed by atoms with Crippen molar-refractivity contribution in [2.45, 2.75) is 0 Å². The lowest BCUT2D eigenvalue weighted by Gasteiger charge is -2.13. The van der Waals surface area contributed by atoms with E-state index in [9.17, 15) is 0 Å². The van der Waals surface area contributed by atoms with Gasteiger partial charge in [-0.2, -0.15) is 0 Å². The van der Waals surface area contributed by atoms with Crippen LogP contribution in [-0.2, 0) is 0 Å². The first-order chi connectivity index (χ1) is 10.5. The summed E-state index contributed by atoms with van der Waals surface area (Å²) in [7, 11) is 0. The van der Waals surface area contributed by atoms with E-state index in [4.69, 9.17) is 28.9 Å². The highest BCUT2D eigenvalue weighted by Gasteiger charge is 2.11. The minimum Gasteiger partial charge on any atom is -0.398 e. The SMILES string of the molecule is Nc1c(-c2ccc(Cl)cc2)cc(Br)cc1-c1ccc(Cl)cc1. The Morgan fingerprint density at radius 2 is 1.05 bits per heavy atom. The van der Waals surface area contributed by atoms with Gasteiger partial charge in [0.25, 0.3) is 0 Å². The van der Waals surface area contributed by atoms with Crippen molar-refractivity contribution in [3.63, 3.8) is 0 Å². The molecule has 0 unspecified atom stereocenters. The molecule has 0 radical (unpaired) electrons. The Kier molecular flexibility index (Phi) is 4.44. The number of rotatable bonds is 2. The molecule has 3 aromatic carbocycles. The number of benzene rings is 3. The molecule has 0 spiro atoms. The van der Waals surface area contributed by atoms with Gasteiger partial charge in [0.05, 0.1) is 0 Å². The Morgan fingerprint density at radius 3 is 1.41 bits per heavy atom. The van der Waals surface area contributed by atoms with Crippen LogP contribution in [0.2, 0.25) is 10.0 Å². The normalized spacial score (nSPS) is 10.7. The molecule has 110 valence electrons. The van der Waals surface area contributed by atoms with Gasteiger partial charge in [0.2, 0.25) is 0 Å². The van der Waals surface area contributed by atoms with E-state index in [1.807, 2.05) is 60.7 Å². The van der Waals surface area contributed by atoms with Gasteiger partial charge in [0, 0.05) is 31.3 Å². The van der Waals surface area contributed by atoms with Gasteiger partial charge in [-0.05, 0) is 47.5 Å². The zero-order valence-electron chi connectivity index (χ0n) is 11.5. The summed E-state index contributed by atoms with van der Waals surface area (Å²) >= 11 is 15.5. The molecule has 3 aromatic rings. The number of nitrogen functional groups attached to an aromatic ring is 1. The minimum atomic E-state index is 0.704. The molecule has 2 N–H and O–H groups in total. The monoisotopic (exact) mass is 391 g/mol. The van der Waals surface area contributed by atoms with Crippen LogP contribution in [-0.4, -0.2) is 0 Å². The van der Waals surface area contributed by atoms with Crippen LogP contribution >= 0.6 is 39.1 Å². The summed E-state index contributed by atoms with van der Waals surface area (Å²) in [5.74, 6) is 0. The molecule has 3 rings (SSSR count). The van der Waals surface area contributed by atoms with Gasteiger partial charge in [-0.15, -0.1) is 0 Å². The Bertz CT molecular complexity index is 745. The first-order valence-electron chi connectivity index (χ1n) is 6.65. The van der Waals surface area contributed by atoms with Crippen molar-refractivity contribution >= 4 is 44.8 Å². The molecule has 0 heterocycles. The van der Waals surface area contributed by atoms with Crippen LogP contribution in [0.15, 0.2) is 65.1 Å². The molecule has 1 nitrogen and oxygen atoms in total. The molecule has 0 saturated heterocycles. The zero-order chi connectivity index (χ0) is 15.7. The predicted molar refractivity (Wildman–Crippen MR) is 99.4 cm³/mol. The van der Waals surface area contributed by atoms with E-state index in [1.165, 1.54) is 0 Å². The lowest BCUT2D eigenvalue weighted by Crippen LogP contribution is -1.95. The maximum Gasteiger partial charge on any atom is 0.0474 e. The highest BCUT2D eigenvalue weighted by Crippen LogP contribution is 2.38. The van der Waals surface area contributed by atoms with E-state index < -0.39 is 0 Å². The maximum atomic E-state index is 6.41. The molecule has 0 aliphatic carbocycles. The molecule has 0 fully saturated rings. The first kappa shape index (κ1) is 15.4. The lowest BCUT2D eigenvalue weighted by molar-refractivity contribution is 1.56. The molecular weight excluding hydrogens is 381 g/mol. The number of anilines is 1. The van der Waals surface area contributed by atoms with Gasteiger partial charge >= 0.3 is 0 Å². The highest BCUT2D eigenvalue weighted by molar-refractivity contribution is 9.10. The van der Waals surface area contributed by atoms with Crippen LogP contribution in [0, 0.1) is 0 Å². The summed E-state index contributed by atoms with van der Waals surface area (Å²) in [6.45, 7) is 0. The third-order valence-corrected chi connectivity index (χ3v) is 4.42. The van der Waals surface area contributed by atoms with Crippen molar-refractivity contribution in [2.24, 2.45) is 0 Å². The van der Waals surface area contributed by atoms with Crippen molar-refractivity contribution in [3.8, 4) is 22.3 Å². The molecule has 0 aliphatic rings. The summed E-state index contributed by atoms with van der Waals surface area (Å²) in [6, 6.07) is 19.3. The smallest absolute Gasteiger partial charge is 0.0474 e. The Labute approximate surface area is 147 Å². The quantitative estimate of drug-likeness (QED) is 0.484. The van der Waals surface area contributed by atoms with Gasteiger partial charge < -0.3 is 5.73 Å². The van der Waals surface area contributed by atoms with Gasteiger partial charge in [0.1, 0.15) is 0 Å². The molecule has 0 bridgehead atoms. The fourth-order valence-corrected chi connectivity index (χ4v) is 3.06. The van der Waals surface area contributed by atoms with E-state index in [0.717, 1.165) is 32.4 Å². The van der Waals surface area contributed by atoms with E-state index in [1.54, 1.807) is 0 Å². The number of nitrogens with two attached hydrogens (primary N) is 1. The van der Waals surface area contributed by atoms with Crippen LogP contribution in [0.3, 0.4) is 0 Å². The second kappa shape index (κ2) is 6.33. The van der Waals surface area contributed by atoms with Gasteiger partial charge in [0.15, 0.2) is 0 Å². The van der Waals surface area contributed by atoms with Gasteiger partial charge in [-0.1, -0.05) is 63.4 Å². The van der Waals surface area contributed by atoms with Crippen LogP contribution < -0.4 is 5.73 Å². The van der Waals surface area contributed by atoms with E-state index >= 15 is 0 Å². The standard InChI is InChI=1S/C18H12BrCl2N/c19-13-9-16(11-1-5-14(20)6-2-11)18(22)17(10-13)12-3-7-15(21)8-4-12/h1-10H,22H2. The second-order valence-electron chi connectivity index (χ2n) is 4.93. The molecule has 0 amide bonds. The largest absolute Gasteiger partial charge is 0.398 e. The first-order valence-corrected chi connectivity index (χ1v) is 8.20. The molecule has 0 aromatic heterocycles. The molecular formula is C18H12BrCl2N. The van der Waals surface area contributed by atoms with Crippen molar-refractivity contribution in [1.82, 2.24) is 0 Å². The molecule has 4 heteroatoms. The summed E-state index contributed by atoms with van der Waals surface area (Å²) in [5.41, 5.74) is 11.1. The third-order valence-electron chi connectivity index (χ3n) is 3.46. The van der Waals surface area contributed by atoms with Gasteiger partial charge in [-0.25, -0.2) is 0 Å². The van der Waals surface area contributed by atoms with Crippen LogP contribution in [0.4, 0.5) is 5.69 Å². The van der Waals surface area contributed by atoms with Crippen LogP contribution in [0.25, 0.3) is 22.3 Å². The van der Waals surface area contributed by atoms with Crippen LogP contribution in [0.1, 0.15) is 0 Å². The number of hydrogen-bond donors (Lipinski definition) is 1. The van der Waals surface area contributed by atoms with Crippen molar-refractivity contribution in [1.29, 1.82) is 0 Å². The summed E-state index contributed by atoms with van der Waals surface area (Å²) < 4.78 is 0.969. The van der Waals surface area contributed by atoms with Gasteiger partial charge in [-0.3, -0.25) is 0 Å². The maximum absolute atomic E-state index is 6.41. The van der Waals surface area contributed by atoms with Crippen molar-refractivity contribution in [2.75, 3.05) is 5.73 Å². The number of hydrogen-bond acceptors (Lipinski definition) is 1. The minimum absolute atomic E-state index is 0.704. The Morgan fingerprint density at radius 1 is 0.682 bits per heavy atom. The van der Waals surface area contributed by atoms with E-state index in [0.29, 0.717) is 10.0 Å². The summed E-state index contributed by atoms with van der Waals surface area (Å²) in [5, 5.41) is 1.41. The fourth-order valence-electron chi connectivity index (χ4n) is 2.35. The molecule has 0 aliphatic heterocycles. The van der Waals surface area contributed by atoms with Crippen molar-refractivity contribution in [3.05, 3.63) is 75.2 Å². The zero-order valence-corrected chi connectivity index (χ0v) is 14.6. The lowest BCUT2D eigenvalue weighted by atomic mass is 9.96. The Hall–Kier alpha value is -1.48. The molecule has 0 saturated carbocycles. The van der Waals surface area contributed by atoms with Crippen LogP contribution in [0.5, 0.6) is 0 Å². The van der Waals surface area contributed by atoms with Crippen molar-refractivity contribution < 1.29 is 0 Å². The second-order valence-corrected chi connectivity index (χ2v) is 6.72.